The lowest BCUT2D eigenvalue weighted by Crippen LogP contribution is -2.18. The van der Waals surface area contributed by atoms with Crippen molar-refractivity contribution >= 4 is 39.1 Å². The number of halogens is 3. The average Bonchev–Trinajstić information content (AvgIpc) is 2.40. The fourth-order valence-corrected chi connectivity index (χ4v) is 2.46. The molecule has 0 aliphatic carbocycles. The summed E-state index contributed by atoms with van der Waals surface area (Å²) in [4.78, 5) is 0. The van der Waals surface area contributed by atoms with E-state index in [1.165, 1.54) is 5.56 Å². The van der Waals surface area contributed by atoms with Crippen LogP contribution < -0.4 is 5.32 Å². The minimum Gasteiger partial charge on any atom is -0.306 e. The number of nitrogens with one attached hydrogen (secondary N) is 1. The molecule has 0 saturated carbocycles. The van der Waals surface area contributed by atoms with E-state index in [0.717, 1.165) is 26.6 Å². The van der Waals surface area contributed by atoms with Crippen molar-refractivity contribution in [1.29, 1.82) is 0 Å². The molecular weight excluding hydrogens is 345 g/mol. The van der Waals surface area contributed by atoms with E-state index in [1.54, 1.807) is 0 Å². The minimum atomic E-state index is 0.237. The van der Waals surface area contributed by atoms with Crippen LogP contribution in [0.3, 0.4) is 0 Å². The van der Waals surface area contributed by atoms with Gasteiger partial charge < -0.3 is 5.32 Å². The number of hydrogen-bond acceptors (Lipinski definition) is 1. The van der Waals surface area contributed by atoms with Gasteiger partial charge in [-0.05, 0) is 58.2 Å². The van der Waals surface area contributed by atoms with Crippen LogP contribution in [0, 0.1) is 0 Å². The summed E-state index contributed by atoms with van der Waals surface area (Å²) in [6.07, 6.45) is 0. The first-order chi connectivity index (χ1) is 9.06. The van der Waals surface area contributed by atoms with E-state index in [2.05, 4.69) is 34.2 Å². The zero-order valence-corrected chi connectivity index (χ0v) is 13.6. The monoisotopic (exact) mass is 357 g/mol. The largest absolute Gasteiger partial charge is 0.306 e. The van der Waals surface area contributed by atoms with Gasteiger partial charge in [0.25, 0.3) is 0 Å². The standard InChI is InChI=1S/C15H14BrCl2N/c1-10(12-3-2-4-13(17)8-12)19-9-11-5-6-14(16)15(18)7-11/h2-8,10,19H,9H2,1H3/t10-/m0/s1. The maximum atomic E-state index is 6.07. The third-order valence-electron chi connectivity index (χ3n) is 2.95. The highest BCUT2D eigenvalue weighted by molar-refractivity contribution is 9.10. The van der Waals surface area contributed by atoms with Crippen LogP contribution in [0.4, 0.5) is 0 Å². The van der Waals surface area contributed by atoms with Gasteiger partial charge in [-0.15, -0.1) is 0 Å². The topological polar surface area (TPSA) is 12.0 Å². The maximum absolute atomic E-state index is 6.07. The quantitative estimate of drug-likeness (QED) is 0.749. The Labute approximate surface area is 132 Å². The van der Waals surface area contributed by atoms with Gasteiger partial charge in [0.1, 0.15) is 0 Å². The van der Waals surface area contributed by atoms with Crippen molar-refractivity contribution in [1.82, 2.24) is 5.32 Å². The lowest BCUT2D eigenvalue weighted by Gasteiger charge is -2.15. The molecule has 0 bridgehead atoms. The van der Waals surface area contributed by atoms with Crippen molar-refractivity contribution < 1.29 is 0 Å². The van der Waals surface area contributed by atoms with Gasteiger partial charge in [0, 0.05) is 22.1 Å². The second-order valence-electron chi connectivity index (χ2n) is 4.41. The second kappa shape index (κ2) is 6.76. The average molecular weight is 359 g/mol. The first kappa shape index (κ1) is 14.9. The fourth-order valence-electron chi connectivity index (χ4n) is 1.81. The molecule has 0 aliphatic rings. The predicted octanol–water partition coefficient (Wildman–Crippen LogP) is 5.61. The summed E-state index contributed by atoms with van der Waals surface area (Å²) < 4.78 is 0.917. The first-order valence-corrected chi connectivity index (χ1v) is 7.54. The van der Waals surface area contributed by atoms with E-state index >= 15 is 0 Å². The molecule has 1 N–H and O–H groups in total. The van der Waals surface area contributed by atoms with Gasteiger partial charge in [-0.25, -0.2) is 0 Å². The van der Waals surface area contributed by atoms with Crippen molar-refractivity contribution in [3.63, 3.8) is 0 Å². The molecule has 100 valence electrons. The Kier molecular flexibility index (Phi) is 5.28. The summed E-state index contributed by atoms with van der Waals surface area (Å²) >= 11 is 15.5. The van der Waals surface area contributed by atoms with Crippen LogP contribution in [-0.2, 0) is 6.54 Å². The fraction of sp³-hybridized carbons (Fsp3) is 0.200. The zero-order valence-electron chi connectivity index (χ0n) is 10.5. The molecule has 1 nitrogen and oxygen atoms in total. The van der Waals surface area contributed by atoms with Gasteiger partial charge in [0.05, 0.1) is 5.02 Å². The van der Waals surface area contributed by atoms with Crippen molar-refractivity contribution in [2.24, 2.45) is 0 Å². The summed E-state index contributed by atoms with van der Waals surface area (Å²) in [6.45, 7) is 2.88. The van der Waals surface area contributed by atoms with E-state index in [0.29, 0.717) is 0 Å². The third kappa shape index (κ3) is 4.22. The number of rotatable bonds is 4. The molecule has 19 heavy (non-hydrogen) atoms. The van der Waals surface area contributed by atoms with Crippen molar-refractivity contribution in [3.05, 3.63) is 68.1 Å². The highest BCUT2D eigenvalue weighted by atomic mass is 79.9. The number of hydrogen-bond donors (Lipinski definition) is 1. The van der Waals surface area contributed by atoms with Crippen molar-refractivity contribution in [2.75, 3.05) is 0 Å². The highest BCUT2D eigenvalue weighted by Gasteiger charge is 2.06. The van der Waals surface area contributed by atoms with Crippen LogP contribution in [0.15, 0.2) is 46.9 Å². The molecule has 2 rings (SSSR count). The molecule has 2 aromatic carbocycles. The minimum absolute atomic E-state index is 0.237. The van der Waals surface area contributed by atoms with Crippen LogP contribution in [0.25, 0.3) is 0 Å². The van der Waals surface area contributed by atoms with E-state index < -0.39 is 0 Å². The molecule has 0 saturated heterocycles. The molecule has 0 radical (unpaired) electrons. The Bertz CT molecular complexity index is 572. The molecular formula is C15H14BrCl2N. The summed E-state index contributed by atoms with van der Waals surface area (Å²) in [6, 6.07) is 14.1. The molecule has 0 heterocycles. The van der Waals surface area contributed by atoms with Crippen LogP contribution >= 0.6 is 39.1 Å². The van der Waals surface area contributed by atoms with Gasteiger partial charge in [-0.2, -0.15) is 0 Å². The molecule has 0 aliphatic heterocycles. The van der Waals surface area contributed by atoms with Gasteiger partial charge in [0.2, 0.25) is 0 Å². The Morgan fingerprint density at radius 1 is 1.16 bits per heavy atom. The van der Waals surface area contributed by atoms with E-state index in [-0.39, 0.29) is 6.04 Å². The summed E-state index contributed by atoms with van der Waals surface area (Å²) in [5.41, 5.74) is 2.33. The molecule has 0 fully saturated rings. The first-order valence-electron chi connectivity index (χ1n) is 5.99. The Balaban J connectivity index is 2.00. The van der Waals surface area contributed by atoms with Crippen LogP contribution in [0.2, 0.25) is 10.0 Å². The van der Waals surface area contributed by atoms with Gasteiger partial charge in [-0.3, -0.25) is 0 Å². The van der Waals surface area contributed by atoms with Crippen LogP contribution in [-0.4, -0.2) is 0 Å². The molecule has 0 spiro atoms. The van der Waals surface area contributed by atoms with Crippen LogP contribution in [0.5, 0.6) is 0 Å². The van der Waals surface area contributed by atoms with Crippen LogP contribution in [0.1, 0.15) is 24.1 Å². The molecule has 2 aromatic rings. The molecule has 0 aromatic heterocycles. The molecule has 1 atom stereocenters. The Hall–Kier alpha value is -0.540. The van der Waals surface area contributed by atoms with Gasteiger partial charge in [-0.1, -0.05) is 41.4 Å². The highest BCUT2D eigenvalue weighted by Crippen LogP contribution is 2.24. The van der Waals surface area contributed by atoms with Crippen molar-refractivity contribution in [2.45, 2.75) is 19.5 Å². The Morgan fingerprint density at radius 3 is 2.63 bits per heavy atom. The van der Waals surface area contributed by atoms with Gasteiger partial charge >= 0.3 is 0 Å². The smallest absolute Gasteiger partial charge is 0.0551 e. The molecule has 0 unspecified atom stereocenters. The molecule has 4 heteroatoms. The summed E-state index contributed by atoms with van der Waals surface area (Å²) in [5.74, 6) is 0. The normalized spacial score (nSPS) is 12.4. The zero-order chi connectivity index (χ0) is 13.8. The lowest BCUT2D eigenvalue weighted by molar-refractivity contribution is 0.575. The summed E-state index contributed by atoms with van der Waals surface area (Å²) in [7, 11) is 0. The maximum Gasteiger partial charge on any atom is 0.0551 e. The lowest BCUT2D eigenvalue weighted by atomic mass is 10.1. The van der Waals surface area contributed by atoms with Crippen molar-refractivity contribution in [3.8, 4) is 0 Å². The summed E-state index contributed by atoms with van der Waals surface area (Å²) in [5, 5.41) is 4.95. The molecule has 0 amide bonds. The van der Waals surface area contributed by atoms with E-state index in [1.807, 2.05) is 36.4 Å². The Morgan fingerprint density at radius 2 is 1.95 bits per heavy atom. The number of benzene rings is 2. The predicted molar refractivity (Wildman–Crippen MR) is 85.9 cm³/mol. The second-order valence-corrected chi connectivity index (χ2v) is 6.10. The van der Waals surface area contributed by atoms with E-state index in [4.69, 9.17) is 23.2 Å². The third-order valence-corrected chi connectivity index (χ3v) is 4.41. The van der Waals surface area contributed by atoms with E-state index in [9.17, 15) is 0 Å². The SMILES string of the molecule is C[C@H](NCc1ccc(Br)c(Cl)c1)c1cccc(Cl)c1. The van der Waals surface area contributed by atoms with Gasteiger partial charge in [0.15, 0.2) is 0 Å².